The Morgan fingerprint density at radius 2 is 1.68 bits per heavy atom. The van der Waals surface area contributed by atoms with Crippen LogP contribution in [0.2, 0.25) is 15.1 Å². The minimum Gasteiger partial charge on any atom is -0.452 e. The van der Waals surface area contributed by atoms with E-state index in [1.807, 2.05) is 0 Å². The lowest BCUT2D eigenvalue weighted by Gasteiger charge is -2.12. The summed E-state index contributed by atoms with van der Waals surface area (Å²) in [6, 6.07) is 7.35. The molecule has 0 heterocycles. The van der Waals surface area contributed by atoms with Gasteiger partial charge < -0.3 is 4.74 Å². The molecular weight excluding hydrogens is 333 g/mol. The first-order valence-electron chi connectivity index (χ1n) is 5.18. The molecule has 0 aliphatic rings. The average molecular weight is 340 g/mol. The fraction of sp³-hybridized carbons (Fsp3) is 0.0769. The van der Waals surface area contributed by atoms with Crippen molar-refractivity contribution in [2.45, 2.75) is 5.88 Å². The van der Waals surface area contributed by atoms with E-state index in [-0.39, 0.29) is 27.4 Å². The van der Waals surface area contributed by atoms with E-state index in [1.165, 1.54) is 18.2 Å². The number of rotatable bonds is 3. The summed E-state index contributed by atoms with van der Waals surface area (Å²) in [4.78, 5) is 0. The Hall–Kier alpha value is -0.670. The van der Waals surface area contributed by atoms with Crippen LogP contribution >= 0.6 is 46.4 Å². The largest absolute Gasteiger partial charge is 0.452 e. The molecule has 100 valence electrons. The maximum absolute atomic E-state index is 13.7. The predicted molar refractivity (Wildman–Crippen MR) is 77.5 cm³/mol. The van der Waals surface area contributed by atoms with Gasteiger partial charge in [0.1, 0.15) is 5.75 Å². The van der Waals surface area contributed by atoms with Crippen molar-refractivity contribution < 1.29 is 9.13 Å². The van der Waals surface area contributed by atoms with Gasteiger partial charge in [0.05, 0.1) is 20.9 Å². The van der Waals surface area contributed by atoms with Crippen LogP contribution in [-0.4, -0.2) is 0 Å². The van der Waals surface area contributed by atoms with E-state index in [0.717, 1.165) is 0 Å². The van der Waals surface area contributed by atoms with Crippen molar-refractivity contribution in [3.8, 4) is 11.5 Å². The molecule has 2 rings (SSSR count). The van der Waals surface area contributed by atoms with Crippen LogP contribution in [0.5, 0.6) is 11.5 Å². The Kier molecular flexibility index (Phi) is 4.80. The van der Waals surface area contributed by atoms with Crippen LogP contribution in [0.3, 0.4) is 0 Å². The molecular formula is C13H7Cl4FO. The minimum atomic E-state index is -0.528. The van der Waals surface area contributed by atoms with Gasteiger partial charge >= 0.3 is 0 Å². The maximum Gasteiger partial charge on any atom is 0.167 e. The second-order valence-electron chi connectivity index (χ2n) is 3.66. The third kappa shape index (κ3) is 3.26. The second-order valence-corrected chi connectivity index (χ2v) is 5.15. The third-order valence-corrected chi connectivity index (χ3v) is 3.68. The Bertz CT molecular complexity index is 616. The first kappa shape index (κ1) is 14.7. The van der Waals surface area contributed by atoms with Crippen LogP contribution in [0, 0.1) is 5.82 Å². The van der Waals surface area contributed by atoms with Crippen molar-refractivity contribution in [3.05, 3.63) is 56.8 Å². The van der Waals surface area contributed by atoms with E-state index in [1.54, 1.807) is 12.1 Å². The van der Waals surface area contributed by atoms with Crippen LogP contribution in [0.25, 0.3) is 0 Å². The van der Waals surface area contributed by atoms with Gasteiger partial charge in [0, 0.05) is 11.6 Å². The SMILES string of the molecule is Fc1cccc(CCl)c1Oc1cc(Cl)c(Cl)cc1Cl. The summed E-state index contributed by atoms with van der Waals surface area (Å²) in [5, 5.41) is 0.799. The summed E-state index contributed by atoms with van der Waals surface area (Å²) in [6.07, 6.45) is 0. The van der Waals surface area contributed by atoms with Crippen LogP contribution in [0.4, 0.5) is 4.39 Å². The zero-order chi connectivity index (χ0) is 14.0. The number of hydrogen-bond acceptors (Lipinski definition) is 1. The maximum atomic E-state index is 13.7. The molecule has 0 radical (unpaired) electrons. The number of halogens is 5. The zero-order valence-electron chi connectivity index (χ0n) is 9.39. The van der Waals surface area contributed by atoms with E-state index in [2.05, 4.69) is 0 Å². The summed E-state index contributed by atoms with van der Waals surface area (Å²) in [5.74, 6) is -0.169. The quantitative estimate of drug-likeness (QED) is 0.469. The van der Waals surface area contributed by atoms with E-state index in [9.17, 15) is 4.39 Å². The highest BCUT2D eigenvalue weighted by molar-refractivity contribution is 6.43. The Morgan fingerprint density at radius 3 is 2.37 bits per heavy atom. The van der Waals surface area contributed by atoms with Gasteiger partial charge in [0.25, 0.3) is 0 Å². The van der Waals surface area contributed by atoms with E-state index >= 15 is 0 Å². The van der Waals surface area contributed by atoms with Crippen LogP contribution in [0.1, 0.15) is 5.56 Å². The van der Waals surface area contributed by atoms with Crippen molar-refractivity contribution in [2.24, 2.45) is 0 Å². The summed E-state index contributed by atoms with van der Waals surface area (Å²) >= 11 is 23.4. The van der Waals surface area contributed by atoms with Gasteiger partial charge in [-0.15, -0.1) is 11.6 Å². The van der Waals surface area contributed by atoms with Gasteiger partial charge in [-0.2, -0.15) is 0 Å². The first-order chi connectivity index (χ1) is 9.02. The Labute approximate surface area is 129 Å². The molecule has 2 aromatic rings. The van der Waals surface area contributed by atoms with Crippen LogP contribution in [-0.2, 0) is 5.88 Å². The number of ether oxygens (including phenoxy) is 1. The van der Waals surface area contributed by atoms with Crippen LogP contribution < -0.4 is 4.74 Å². The number of benzene rings is 2. The average Bonchev–Trinajstić information content (AvgIpc) is 2.38. The molecule has 6 heteroatoms. The molecule has 0 aromatic heterocycles. The molecule has 0 bridgehead atoms. The third-order valence-electron chi connectivity index (χ3n) is 2.38. The van der Waals surface area contributed by atoms with Gasteiger partial charge in [0.15, 0.2) is 11.6 Å². The summed E-state index contributed by atoms with van der Waals surface area (Å²) in [7, 11) is 0. The van der Waals surface area contributed by atoms with Gasteiger partial charge in [0.2, 0.25) is 0 Å². The van der Waals surface area contributed by atoms with Crippen molar-refractivity contribution in [3.63, 3.8) is 0 Å². The van der Waals surface area contributed by atoms with E-state index < -0.39 is 5.82 Å². The molecule has 0 amide bonds. The molecule has 0 saturated carbocycles. The van der Waals surface area contributed by atoms with Gasteiger partial charge in [-0.25, -0.2) is 4.39 Å². The van der Waals surface area contributed by atoms with Crippen molar-refractivity contribution >= 4 is 46.4 Å². The second kappa shape index (κ2) is 6.19. The van der Waals surface area contributed by atoms with Gasteiger partial charge in [-0.1, -0.05) is 46.9 Å². The molecule has 0 N–H and O–H groups in total. The highest BCUT2D eigenvalue weighted by Gasteiger charge is 2.14. The molecule has 2 aromatic carbocycles. The normalized spacial score (nSPS) is 10.6. The van der Waals surface area contributed by atoms with Gasteiger partial charge in [-0.05, 0) is 12.1 Å². The highest BCUT2D eigenvalue weighted by Crippen LogP contribution is 2.38. The topological polar surface area (TPSA) is 9.23 Å². The standard InChI is InChI=1S/C13H7Cl4FO/c14-6-7-2-1-3-11(18)13(7)19-12-5-9(16)8(15)4-10(12)17/h1-5H,6H2. The van der Waals surface area contributed by atoms with Crippen molar-refractivity contribution in [1.82, 2.24) is 0 Å². The van der Waals surface area contributed by atoms with Gasteiger partial charge in [-0.3, -0.25) is 0 Å². The molecule has 1 nitrogen and oxygen atoms in total. The fourth-order valence-electron chi connectivity index (χ4n) is 1.47. The molecule has 0 fully saturated rings. The lowest BCUT2D eigenvalue weighted by Crippen LogP contribution is -1.94. The number of para-hydroxylation sites is 1. The number of hydrogen-bond donors (Lipinski definition) is 0. The van der Waals surface area contributed by atoms with E-state index in [0.29, 0.717) is 10.6 Å². The van der Waals surface area contributed by atoms with E-state index in [4.69, 9.17) is 51.1 Å². The molecule has 0 unspecified atom stereocenters. The Balaban J connectivity index is 2.44. The molecule has 0 saturated heterocycles. The zero-order valence-corrected chi connectivity index (χ0v) is 12.4. The lowest BCUT2D eigenvalue weighted by atomic mass is 10.2. The summed E-state index contributed by atoms with van der Waals surface area (Å²) < 4.78 is 19.2. The molecule has 0 atom stereocenters. The van der Waals surface area contributed by atoms with Crippen molar-refractivity contribution in [2.75, 3.05) is 0 Å². The molecule has 0 aliphatic heterocycles. The summed E-state index contributed by atoms with van der Waals surface area (Å²) in [6.45, 7) is 0. The molecule has 0 spiro atoms. The smallest absolute Gasteiger partial charge is 0.167 e. The monoisotopic (exact) mass is 338 g/mol. The molecule has 0 aliphatic carbocycles. The minimum absolute atomic E-state index is 0.0257. The molecule has 19 heavy (non-hydrogen) atoms. The van der Waals surface area contributed by atoms with Crippen molar-refractivity contribution in [1.29, 1.82) is 0 Å². The lowest BCUT2D eigenvalue weighted by molar-refractivity contribution is 0.438. The highest BCUT2D eigenvalue weighted by atomic mass is 35.5. The Morgan fingerprint density at radius 1 is 1.00 bits per heavy atom. The van der Waals surface area contributed by atoms with Crippen LogP contribution in [0.15, 0.2) is 30.3 Å². The number of alkyl halides is 1. The fourth-order valence-corrected chi connectivity index (χ4v) is 2.25. The first-order valence-corrected chi connectivity index (χ1v) is 6.85. The summed E-state index contributed by atoms with van der Waals surface area (Å²) in [5.41, 5.74) is 0.517. The predicted octanol–water partition coefficient (Wildman–Crippen LogP) is 6.32.